The number of anilines is 3. The fourth-order valence-electron chi connectivity index (χ4n) is 2.43. The van der Waals surface area contributed by atoms with Crippen molar-refractivity contribution in [2.75, 3.05) is 37.8 Å². The Labute approximate surface area is 139 Å². The number of aryl methyl sites for hydroxylation is 3. The lowest BCUT2D eigenvalue weighted by atomic mass is 10.1. The smallest absolute Gasteiger partial charge is 0.136 e. The van der Waals surface area contributed by atoms with Crippen LogP contribution in [0.15, 0.2) is 24.3 Å². The maximum absolute atomic E-state index is 4.48. The van der Waals surface area contributed by atoms with Gasteiger partial charge in [-0.25, -0.2) is 9.97 Å². The molecule has 0 saturated heterocycles. The normalized spacial score (nSPS) is 10.9. The van der Waals surface area contributed by atoms with Gasteiger partial charge in [-0.05, 0) is 59.5 Å². The lowest BCUT2D eigenvalue weighted by Gasteiger charge is -2.13. The van der Waals surface area contributed by atoms with Crippen LogP contribution in [0.1, 0.15) is 23.4 Å². The first-order valence-electron chi connectivity index (χ1n) is 8.02. The number of benzene rings is 1. The number of hydrogen-bond donors (Lipinski definition) is 2. The Morgan fingerprint density at radius 3 is 2.43 bits per heavy atom. The molecule has 5 nitrogen and oxygen atoms in total. The summed E-state index contributed by atoms with van der Waals surface area (Å²) in [5.41, 5.74) is 3.55. The minimum atomic E-state index is 0.759. The molecule has 0 bridgehead atoms. The summed E-state index contributed by atoms with van der Waals surface area (Å²) < 4.78 is 0. The van der Waals surface area contributed by atoms with E-state index in [-0.39, 0.29) is 0 Å². The summed E-state index contributed by atoms with van der Waals surface area (Å²) in [6, 6.07) is 8.31. The molecule has 0 atom stereocenters. The Kier molecular flexibility index (Phi) is 5.93. The van der Waals surface area contributed by atoms with E-state index in [9.17, 15) is 0 Å². The molecule has 1 aromatic heterocycles. The van der Waals surface area contributed by atoms with Crippen molar-refractivity contribution in [3.05, 3.63) is 41.2 Å². The molecule has 0 aliphatic carbocycles. The van der Waals surface area contributed by atoms with E-state index in [4.69, 9.17) is 0 Å². The zero-order chi connectivity index (χ0) is 16.8. The van der Waals surface area contributed by atoms with Crippen LogP contribution in [0, 0.1) is 20.8 Å². The first-order chi connectivity index (χ1) is 10.9. The fraction of sp³-hybridized carbons (Fsp3) is 0.444. The van der Waals surface area contributed by atoms with Crippen molar-refractivity contribution < 1.29 is 0 Å². The van der Waals surface area contributed by atoms with Crippen LogP contribution in [0.2, 0.25) is 0 Å². The molecule has 0 amide bonds. The van der Waals surface area contributed by atoms with Gasteiger partial charge in [-0.3, -0.25) is 0 Å². The second-order valence-corrected chi connectivity index (χ2v) is 6.21. The second-order valence-electron chi connectivity index (χ2n) is 6.21. The van der Waals surface area contributed by atoms with Gasteiger partial charge < -0.3 is 15.5 Å². The molecule has 0 aliphatic heterocycles. The number of hydrogen-bond acceptors (Lipinski definition) is 5. The highest BCUT2D eigenvalue weighted by atomic mass is 15.1. The van der Waals surface area contributed by atoms with Gasteiger partial charge in [-0.15, -0.1) is 0 Å². The first kappa shape index (κ1) is 17.2. The number of nitrogens with one attached hydrogen (secondary N) is 2. The van der Waals surface area contributed by atoms with Crippen LogP contribution in [0.25, 0.3) is 0 Å². The Hall–Kier alpha value is -2.14. The van der Waals surface area contributed by atoms with Gasteiger partial charge in [0.2, 0.25) is 0 Å². The highest BCUT2D eigenvalue weighted by Crippen LogP contribution is 2.21. The minimum absolute atomic E-state index is 0.759. The van der Waals surface area contributed by atoms with Crippen molar-refractivity contribution in [1.29, 1.82) is 0 Å². The van der Waals surface area contributed by atoms with Gasteiger partial charge in [0.25, 0.3) is 0 Å². The van der Waals surface area contributed by atoms with Crippen molar-refractivity contribution in [2.45, 2.75) is 27.2 Å². The Bertz CT molecular complexity index is 652. The van der Waals surface area contributed by atoms with Crippen LogP contribution < -0.4 is 10.6 Å². The molecule has 0 radical (unpaired) electrons. The summed E-state index contributed by atoms with van der Waals surface area (Å²) in [5.74, 6) is 2.44. The molecule has 2 aromatic rings. The van der Waals surface area contributed by atoms with Gasteiger partial charge in [-0.2, -0.15) is 0 Å². The predicted molar refractivity (Wildman–Crippen MR) is 97.6 cm³/mol. The zero-order valence-corrected chi connectivity index (χ0v) is 14.8. The first-order valence-corrected chi connectivity index (χ1v) is 8.02. The highest BCUT2D eigenvalue weighted by molar-refractivity contribution is 5.62. The van der Waals surface area contributed by atoms with E-state index < -0.39 is 0 Å². The third-order valence-electron chi connectivity index (χ3n) is 3.57. The van der Waals surface area contributed by atoms with Crippen molar-refractivity contribution >= 4 is 17.3 Å². The summed E-state index contributed by atoms with van der Waals surface area (Å²) >= 11 is 0. The fourth-order valence-corrected chi connectivity index (χ4v) is 2.43. The van der Waals surface area contributed by atoms with E-state index in [0.29, 0.717) is 0 Å². The van der Waals surface area contributed by atoms with Crippen LogP contribution in [-0.4, -0.2) is 42.1 Å². The predicted octanol–water partition coefficient (Wildman–Crippen LogP) is 3.51. The molecular formula is C18H27N5. The monoisotopic (exact) mass is 313 g/mol. The number of nitrogens with zero attached hydrogens (tertiary/aromatic N) is 3. The molecule has 5 heteroatoms. The Morgan fingerprint density at radius 2 is 1.74 bits per heavy atom. The molecule has 0 aliphatic rings. The highest BCUT2D eigenvalue weighted by Gasteiger charge is 2.04. The van der Waals surface area contributed by atoms with Gasteiger partial charge in [-0.1, -0.05) is 17.7 Å². The van der Waals surface area contributed by atoms with Gasteiger partial charge in [0.05, 0.1) is 0 Å². The molecule has 0 saturated carbocycles. The molecule has 1 aromatic carbocycles. The minimum Gasteiger partial charge on any atom is -0.370 e. The van der Waals surface area contributed by atoms with Crippen LogP contribution in [-0.2, 0) is 0 Å². The van der Waals surface area contributed by atoms with Crippen molar-refractivity contribution in [1.82, 2.24) is 14.9 Å². The summed E-state index contributed by atoms with van der Waals surface area (Å²) in [5, 5.41) is 6.76. The van der Waals surface area contributed by atoms with Gasteiger partial charge in [0.15, 0.2) is 0 Å². The van der Waals surface area contributed by atoms with E-state index in [2.05, 4.69) is 71.6 Å². The summed E-state index contributed by atoms with van der Waals surface area (Å²) in [4.78, 5) is 11.1. The number of rotatable bonds is 7. The quantitative estimate of drug-likeness (QED) is 0.766. The largest absolute Gasteiger partial charge is 0.370 e. The standard InChI is InChI=1S/C18H27N5/c1-13-7-8-16(14(2)11-13)22-18-12-17(20-15(3)21-18)19-9-6-10-23(4)5/h7-8,11-12H,6,9-10H2,1-5H3,(H2,19,20,21,22). The lowest BCUT2D eigenvalue weighted by Crippen LogP contribution is -2.16. The van der Waals surface area contributed by atoms with E-state index in [0.717, 1.165) is 42.7 Å². The van der Waals surface area contributed by atoms with Crippen LogP contribution in [0.3, 0.4) is 0 Å². The van der Waals surface area contributed by atoms with Gasteiger partial charge >= 0.3 is 0 Å². The molecule has 2 N–H and O–H groups in total. The molecular weight excluding hydrogens is 286 g/mol. The third kappa shape index (κ3) is 5.53. The Balaban J connectivity index is 2.04. The van der Waals surface area contributed by atoms with E-state index in [1.165, 1.54) is 11.1 Å². The average molecular weight is 313 g/mol. The Morgan fingerprint density at radius 1 is 1.00 bits per heavy atom. The molecule has 23 heavy (non-hydrogen) atoms. The van der Waals surface area contributed by atoms with Crippen molar-refractivity contribution in [3.63, 3.8) is 0 Å². The lowest BCUT2D eigenvalue weighted by molar-refractivity contribution is 0.405. The molecule has 2 rings (SSSR count). The SMILES string of the molecule is Cc1ccc(Nc2cc(NCCCN(C)C)nc(C)n2)c(C)c1. The van der Waals surface area contributed by atoms with Crippen LogP contribution >= 0.6 is 0 Å². The molecule has 124 valence electrons. The topological polar surface area (TPSA) is 53.1 Å². The van der Waals surface area contributed by atoms with Crippen LogP contribution in [0.5, 0.6) is 0 Å². The maximum Gasteiger partial charge on any atom is 0.136 e. The van der Waals surface area contributed by atoms with E-state index in [1.54, 1.807) is 0 Å². The number of aromatic nitrogens is 2. The van der Waals surface area contributed by atoms with Crippen LogP contribution in [0.4, 0.5) is 17.3 Å². The maximum atomic E-state index is 4.48. The van der Waals surface area contributed by atoms with Gasteiger partial charge in [0, 0.05) is 18.3 Å². The molecule has 1 heterocycles. The summed E-state index contributed by atoms with van der Waals surface area (Å²) in [6.07, 6.45) is 1.08. The van der Waals surface area contributed by atoms with E-state index >= 15 is 0 Å². The average Bonchev–Trinajstić information content (AvgIpc) is 2.46. The molecule has 0 fully saturated rings. The second kappa shape index (κ2) is 7.92. The van der Waals surface area contributed by atoms with Crippen molar-refractivity contribution in [2.24, 2.45) is 0 Å². The third-order valence-corrected chi connectivity index (χ3v) is 3.57. The molecule has 0 unspecified atom stereocenters. The molecule has 0 spiro atoms. The summed E-state index contributed by atoms with van der Waals surface area (Å²) in [7, 11) is 4.17. The van der Waals surface area contributed by atoms with E-state index in [1.807, 2.05) is 13.0 Å². The van der Waals surface area contributed by atoms with Crippen molar-refractivity contribution in [3.8, 4) is 0 Å². The summed E-state index contributed by atoms with van der Waals surface area (Å²) in [6.45, 7) is 8.08. The zero-order valence-electron chi connectivity index (χ0n) is 14.8. The van der Waals surface area contributed by atoms with Gasteiger partial charge in [0.1, 0.15) is 17.5 Å².